The van der Waals surface area contributed by atoms with Crippen molar-refractivity contribution in [2.45, 2.75) is 6.18 Å². The highest BCUT2D eigenvalue weighted by Gasteiger charge is 2.29. The lowest BCUT2D eigenvalue weighted by molar-refractivity contribution is -0.385. The number of hydrogen-bond acceptors (Lipinski definition) is 5. The summed E-state index contributed by atoms with van der Waals surface area (Å²) in [5, 5.41) is 13.0. The summed E-state index contributed by atoms with van der Waals surface area (Å²) < 4.78 is 37.1. The molecule has 1 aromatic carbocycles. The Hall–Kier alpha value is -2.71. The third-order valence-corrected chi connectivity index (χ3v) is 2.32. The van der Waals surface area contributed by atoms with Crippen LogP contribution in [0.1, 0.15) is 5.56 Å². The van der Waals surface area contributed by atoms with Crippen molar-refractivity contribution in [2.75, 3.05) is 5.32 Å². The first-order valence-electron chi connectivity index (χ1n) is 5.27. The highest BCUT2D eigenvalue weighted by atomic mass is 19.4. The Kier molecular flexibility index (Phi) is 3.51. The molecule has 0 amide bonds. The highest BCUT2D eigenvalue weighted by Crippen LogP contribution is 2.30. The zero-order chi connectivity index (χ0) is 14.8. The van der Waals surface area contributed by atoms with Crippen LogP contribution in [-0.4, -0.2) is 14.9 Å². The van der Waals surface area contributed by atoms with Gasteiger partial charge in [0.25, 0.3) is 0 Å². The first kappa shape index (κ1) is 13.7. The van der Waals surface area contributed by atoms with Crippen LogP contribution in [0.3, 0.4) is 0 Å². The second-order valence-corrected chi connectivity index (χ2v) is 3.72. The Bertz CT molecular complexity index is 611. The van der Waals surface area contributed by atoms with Gasteiger partial charge in [0.05, 0.1) is 10.5 Å². The number of nitrogens with one attached hydrogen (secondary N) is 1. The molecule has 1 N–H and O–H groups in total. The molecule has 0 radical (unpaired) electrons. The van der Waals surface area contributed by atoms with Gasteiger partial charge in [0.2, 0.25) is 5.95 Å². The zero-order valence-corrected chi connectivity index (χ0v) is 9.76. The van der Waals surface area contributed by atoms with Gasteiger partial charge in [-0.3, -0.25) is 10.1 Å². The lowest BCUT2D eigenvalue weighted by Crippen LogP contribution is -2.04. The van der Waals surface area contributed by atoms with E-state index in [1.165, 1.54) is 12.1 Å². The molecule has 0 bridgehead atoms. The normalized spacial score (nSPS) is 11.2. The number of rotatable bonds is 3. The molecule has 0 aliphatic rings. The largest absolute Gasteiger partial charge is 0.416 e. The quantitative estimate of drug-likeness (QED) is 0.691. The van der Waals surface area contributed by atoms with Crippen LogP contribution in [0.2, 0.25) is 0 Å². The SMILES string of the molecule is O=[N+]([O-])c1cnc(Nc2ccc(C(F)(F)F)cc2)nc1. The van der Waals surface area contributed by atoms with Crippen molar-refractivity contribution in [2.24, 2.45) is 0 Å². The van der Waals surface area contributed by atoms with Crippen molar-refractivity contribution in [1.29, 1.82) is 0 Å². The Morgan fingerprint density at radius 3 is 2.10 bits per heavy atom. The average molecular weight is 284 g/mol. The topological polar surface area (TPSA) is 81.0 Å². The van der Waals surface area contributed by atoms with Crippen LogP contribution in [0, 0.1) is 10.1 Å². The summed E-state index contributed by atoms with van der Waals surface area (Å²) in [5.74, 6) is 0.0513. The number of alkyl halides is 3. The molecule has 104 valence electrons. The summed E-state index contributed by atoms with van der Waals surface area (Å²) in [7, 11) is 0. The molecule has 0 fully saturated rings. The van der Waals surface area contributed by atoms with Crippen molar-refractivity contribution >= 4 is 17.3 Å². The highest BCUT2D eigenvalue weighted by molar-refractivity contribution is 5.54. The Labute approximate surface area is 110 Å². The zero-order valence-electron chi connectivity index (χ0n) is 9.76. The molecule has 9 heteroatoms. The number of benzene rings is 1. The van der Waals surface area contributed by atoms with Crippen molar-refractivity contribution in [3.05, 3.63) is 52.3 Å². The molecule has 0 aliphatic carbocycles. The van der Waals surface area contributed by atoms with E-state index in [4.69, 9.17) is 0 Å². The Morgan fingerprint density at radius 2 is 1.65 bits per heavy atom. The lowest BCUT2D eigenvalue weighted by Gasteiger charge is -2.08. The van der Waals surface area contributed by atoms with Crippen molar-refractivity contribution in [1.82, 2.24) is 9.97 Å². The monoisotopic (exact) mass is 284 g/mol. The summed E-state index contributed by atoms with van der Waals surface area (Å²) >= 11 is 0. The third-order valence-electron chi connectivity index (χ3n) is 2.32. The second kappa shape index (κ2) is 5.11. The minimum absolute atomic E-state index is 0.0513. The van der Waals surface area contributed by atoms with Gasteiger partial charge in [0.1, 0.15) is 12.4 Å². The van der Waals surface area contributed by atoms with Gasteiger partial charge in [-0.15, -0.1) is 0 Å². The fraction of sp³-hybridized carbons (Fsp3) is 0.0909. The number of nitrogens with zero attached hydrogens (tertiary/aromatic N) is 3. The van der Waals surface area contributed by atoms with Gasteiger partial charge in [-0.25, -0.2) is 9.97 Å². The van der Waals surface area contributed by atoms with E-state index in [0.29, 0.717) is 5.69 Å². The van der Waals surface area contributed by atoms with Crippen LogP contribution in [0.4, 0.5) is 30.5 Å². The number of aromatic nitrogens is 2. The smallest absolute Gasteiger partial charge is 0.324 e. The molecule has 20 heavy (non-hydrogen) atoms. The number of nitro groups is 1. The Morgan fingerprint density at radius 1 is 1.10 bits per heavy atom. The molecule has 6 nitrogen and oxygen atoms in total. The minimum Gasteiger partial charge on any atom is -0.324 e. The van der Waals surface area contributed by atoms with Crippen molar-refractivity contribution in [3.63, 3.8) is 0 Å². The molecule has 2 aromatic rings. The third kappa shape index (κ3) is 3.19. The van der Waals surface area contributed by atoms with Crippen LogP contribution in [-0.2, 0) is 6.18 Å². The van der Waals surface area contributed by atoms with E-state index < -0.39 is 16.7 Å². The maximum absolute atomic E-state index is 12.4. The summed E-state index contributed by atoms with van der Waals surface area (Å²) in [5.41, 5.74) is -0.706. The van der Waals surface area contributed by atoms with Gasteiger partial charge in [-0.2, -0.15) is 13.2 Å². The first-order valence-corrected chi connectivity index (χ1v) is 5.27. The standard InChI is InChI=1S/C11H7F3N4O2/c12-11(13,14)7-1-3-8(4-2-7)17-10-15-5-9(6-16-10)18(19)20/h1-6H,(H,15,16,17). The van der Waals surface area contributed by atoms with Crippen LogP contribution in [0.5, 0.6) is 0 Å². The fourth-order valence-corrected chi connectivity index (χ4v) is 1.35. The summed E-state index contributed by atoms with van der Waals surface area (Å²) in [6.07, 6.45) is -2.40. The maximum atomic E-state index is 12.4. The molecule has 0 saturated heterocycles. The van der Waals surface area contributed by atoms with E-state index in [0.717, 1.165) is 24.5 Å². The number of halogens is 3. The molecular weight excluding hydrogens is 277 g/mol. The molecule has 0 saturated carbocycles. The maximum Gasteiger partial charge on any atom is 0.416 e. The van der Waals surface area contributed by atoms with E-state index in [-0.39, 0.29) is 11.6 Å². The number of hydrogen-bond donors (Lipinski definition) is 1. The van der Waals surface area contributed by atoms with E-state index in [9.17, 15) is 23.3 Å². The summed E-state index contributed by atoms with van der Waals surface area (Å²) in [6, 6.07) is 4.25. The van der Waals surface area contributed by atoms with Crippen molar-refractivity contribution < 1.29 is 18.1 Å². The first-order chi connectivity index (χ1) is 9.36. The predicted octanol–water partition coefficient (Wildman–Crippen LogP) is 3.15. The molecule has 0 atom stereocenters. The molecule has 2 rings (SSSR count). The van der Waals surface area contributed by atoms with Gasteiger partial charge in [0, 0.05) is 5.69 Å². The second-order valence-electron chi connectivity index (χ2n) is 3.72. The van der Waals surface area contributed by atoms with Crippen LogP contribution in [0.25, 0.3) is 0 Å². The Balaban J connectivity index is 2.12. The van der Waals surface area contributed by atoms with Gasteiger partial charge in [-0.05, 0) is 24.3 Å². The molecular formula is C11H7F3N4O2. The van der Waals surface area contributed by atoms with E-state index >= 15 is 0 Å². The van der Waals surface area contributed by atoms with Crippen LogP contribution in [0.15, 0.2) is 36.7 Å². The van der Waals surface area contributed by atoms with Crippen LogP contribution >= 0.6 is 0 Å². The minimum atomic E-state index is -4.40. The van der Waals surface area contributed by atoms with Crippen molar-refractivity contribution in [3.8, 4) is 0 Å². The number of anilines is 2. The summed E-state index contributed by atoms with van der Waals surface area (Å²) in [6.45, 7) is 0. The molecule has 0 aliphatic heterocycles. The lowest BCUT2D eigenvalue weighted by atomic mass is 10.2. The van der Waals surface area contributed by atoms with E-state index in [1.807, 2.05) is 0 Å². The van der Waals surface area contributed by atoms with E-state index in [2.05, 4.69) is 15.3 Å². The van der Waals surface area contributed by atoms with Gasteiger partial charge in [0.15, 0.2) is 0 Å². The fourth-order valence-electron chi connectivity index (χ4n) is 1.35. The van der Waals surface area contributed by atoms with Gasteiger partial charge < -0.3 is 5.32 Å². The summed E-state index contributed by atoms with van der Waals surface area (Å²) in [4.78, 5) is 17.1. The van der Waals surface area contributed by atoms with E-state index in [1.54, 1.807) is 0 Å². The molecule has 1 heterocycles. The molecule has 0 spiro atoms. The van der Waals surface area contributed by atoms with Crippen LogP contribution < -0.4 is 5.32 Å². The molecule has 1 aromatic heterocycles. The average Bonchev–Trinajstić information content (AvgIpc) is 2.39. The molecule has 0 unspecified atom stereocenters. The van der Waals surface area contributed by atoms with Gasteiger partial charge in [-0.1, -0.05) is 0 Å². The van der Waals surface area contributed by atoms with Gasteiger partial charge >= 0.3 is 11.9 Å². The predicted molar refractivity (Wildman–Crippen MR) is 63.4 cm³/mol.